The zero-order valence-electron chi connectivity index (χ0n) is 13.2. The first-order valence-corrected chi connectivity index (χ1v) is 8.04. The number of carbonyl (C=O) groups is 1. The van der Waals surface area contributed by atoms with E-state index in [4.69, 9.17) is 5.11 Å². The summed E-state index contributed by atoms with van der Waals surface area (Å²) in [6.07, 6.45) is 6.81. The average Bonchev–Trinajstić information content (AvgIpc) is 2.82. The molecule has 22 heavy (non-hydrogen) atoms. The molecule has 3 N–H and O–H groups in total. The van der Waals surface area contributed by atoms with Crippen molar-refractivity contribution in [3.63, 3.8) is 0 Å². The summed E-state index contributed by atoms with van der Waals surface area (Å²) < 4.78 is 0. The second kappa shape index (κ2) is 8.58. The highest BCUT2D eigenvalue weighted by Gasteiger charge is 2.11. The van der Waals surface area contributed by atoms with Gasteiger partial charge in [0, 0.05) is 25.8 Å². The Bertz CT molecular complexity index is 473. The summed E-state index contributed by atoms with van der Waals surface area (Å²) in [6, 6.07) is 3.44. The van der Waals surface area contributed by atoms with Gasteiger partial charge < -0.3 is 20.6 Å². The molecule has 1 fully saturated rings. The van der Waals surface area contributed by atoms with Crippen LogP contribution in [0.4, 0.5) is 10.6 Å². The van der Waals surface area contributed by atoms with Crippen molar-refractivity contribution in [1.29, 1.82) is 0 Å². The minimum Gasteiger partial charge on any atom is -0.394 e. The minimum absolute atomic E-state index is 0.0677. The van der Waals surface area contributed by atoms with Gasteiger partial charge in [0.25, 0.3) is 0 Å². The molecular weight excluding hydrogens is 280 g/mol. The predicted molar refractivity (Wildman–Crippen MR) is 86.8 cm³/mol. The third kappa shape index (κ3) is 5.18. The smallest absolute Gasteiger partial charge is 0.315 e. The van der Waals surface area contributed by atoms with Crippen LogP contribution in [0.5, 0.6) is 0 Å². The molecule has 1 aliphatic heterocycles. The molecule has 6 nitrogen and oxygen atoms in total. The van der Waals surface area contributed by atoms with E-state index in [9.17, 15) is 4.79 Å². The SMILES string of the molecule is CC(CO)NC(=O)NCc1ccnc(N2CCCCCC2)c1. The number of urea groups is 1. The number of anilines is 1. The summed E-state index contributed by atoms with van der Waals surface area (Å²) in [5, 5.41) is 14.4. The Morgan fingerprint density at radius 2 is 2.09 bits per heavy atom. The molecule has 6 heteroatoms. The van der Waals surface area contributed by atoms with Crippen LogP contribution in [-0.2, 0) is 6.54 Å². The van der Waals surface area contributed by atoms with E-state index in [-0.39, 0.29) is 18.7 Å². The molecular formula is C16H26N4O2. The Morgan fingerprint density at radius 3 is 2.77 bits per heavy atom. The maximum atomic E-state index is 11.7. The van der Waals surface area contributed by atoms with Crippen LogP contribution in [0.15, 0.2) is 18.3 Å². The van der Waals surface area contributed by atoms with Gasteiger partial charge >= 0.3 is 6.03 Å². The average molecular weight is 306 g/mol. The molecule has 1 aliphatic rings. The summed E-state index contributed by atoms with van der Waals surface area (Å²) in [4.78, 5) is 18.4. The molecule has 2 rings (SSSR count). The van der Waals surface area contributed by atoms with Crippen molar-refractivity contribution in [2.75, 3.05) is 24.6 Å². The zero-order chi connectivity index (χ0) is 15.8. The van der Waals surface area contributed by atoms with Crippen LogP contribution >= 0.6 is 0 Å². The molecule has 2 amide bonds. The van der Waals surface area contributed by atoms with Crippen LogP contribution in [0.25, 0.3) is 0 Å². The lowest BCUT2D eigenvalue weighted by atomic mass is 10.2. The van der Waals surface area contributed by atoms with Crippen molar-refractivity contribution in [2.24, 2.45) is 0 Å². The predicted octanol–water partition coefficient (Wildman–Crippen LogP) is 1.64. The molecule has 0 bridgehead atoms. The number of carbonyl (C=O) groups excluding carboxylic acids is 1. The third-order valence-electron chi connectivity index (χ3n) is 3.84. The molecule has 122 valence electrons. The fraction of sp³-hybridized carbons (Fsp3) is 0.625. The summed E-state index contributed by atoms with van der Waals surface area (Å²) in [7, 11) is 0. The van der Waals surface area contributed by atoms with E-state index in [0.29, 0.717) is 6.54 Å². The first-order chi connectivity index (χ1) is 10.7. The van der Waals surface area contributed by atoms with Gasteiger partial charge in [0.15, 0.2) is 0 Å². The standard InChI is InChI=1S/C16H26N4O2/c1-13(12-21)19-16(22)18-11-14-6-7-17-15(10-14)20-8-4-2-3-5-9-20/h6-7,10,13,21H,2-5,8-9,11-12H2,1H3,(H2,18,19,22). The summed E-state index contributed by atoms with van der Waals surface area (Å²) in [5.41, 5.74) is 1.03. The fourth-order valence-corrected chi connectivity index (χ4v) is 2.55. The molecule has 1 atom stereocenters. The van der Waals surface area contributed by atoms with E-state index in [0.717, 1.165) is 24.5 Å². The lowest BCUT2D eigenvalue weighted by Gasteiger charge is -2.22. The van der Waals surface area contributed by atoms with Crippen molar-refractivity contribution in [3.05, 3.63) is 23.9 Å². The monoisotopic (exact) mass is 306 g/mol. The first-order valence-electron chi connectivity index (χ1n) is 8.04. The Kier molecular flexibility index (Phi) is 6.45. The van der Waals surface area contributed by atoms with Gasteiger partial charge in [0.05, 0.1) is 12.6 Å². The highest BCUT2D eigenvalue weighted by Crippen LogP contribution is 2.18. The summed E-state index contributed by atoms with van der Waals surface area (Å²) in [6.45, 7) is 4.25. The van der Waals surface area contributed by atoms with Gasteiger partial charge in [-0.25, -0.2) is 9.78 Å². The number of nitrogens with zero attached hydrogens (tertiary/aromatic N) is 2. The maximum absolute atomic E-state index is 11.7. The van der Waals surface area contributed by atoms with Crippen molar-refractivity contribution >= 4 is 11.8 Å². The van der Waals surface area contributed by atoms with Crippen molar-refractivity contribution in [2.45, 2.75) is 45.2 Å². The van der Waals surface area contributed by atoms with E-state index < -0.39 is 0 Å². The lowest BCUT2D eigenvalue weighted by molar-refractivity contribution is 0.220. The number of aliphatic hydroxyl groups is 1. The number of hydrogen-bond donors (Lipinski definition) is 3. The van der Waals surface area contributed by atoms with Gasteiger partial charge in [-0.3, -0.25) is 0 Å². The number of aliphatic hydroxyl groups excluding tert-OH is 1. The van der Waals surface area contributed by atoms with Crippen molar-refractivity contribution in [1.82, 2.24) is 15.6 Å². The maximum Gasteiger partial charge on any atom is 0.315 e. The van der Waals surface area contributed by atoms with Crippen LogP contribution in [0.2, 0.25) is 0 Å². The zero-order valence-corrected chi connectivity index (χ0v) is 13.2. The van der Waals surface area contributed by atoms with Crippen LogP contribution in [0.3, 0.4) is 0 Å². The summed E-state index contributed by atoms with van der Waals surface area (Å²) >= 11 is 0. The van der Waals surface area contributed by atoms with Crippen molar-refractivity contribution < 1.29 is 9.90 Å². The second-order valence-corrected chi connectivity index (χ2v) is 5.83. The molecule has 0 saturated carbocycles. The van der Waals surface area contributed by atoms with Gasteiger partial charge in [-0.1, -0.05) is 12.8 Å². The van der Waals surface area contributed by atoms with Crippen molar-refractivity contribution in [3.8, 4) is 0 Å². The molecule has 1 unspecified atom stereocenters. The van der Waals surface area contributed by atoms with Gasteiger partial charge in [-0.15, -0.1) is 0 Å². The molecule has 2 heterocycles. The highest BCUT2D eigenvalue weighted by molar-refractivity contribution is 5.74. The number of pyridine rings is 1. The fourth-order valence-electron chi connectivity index (χ4n) is 2.55. The Hall–Kier alpha value is -1.82. The van der Waals surface area contributed by atoms with E-state index in [1.165, 1.54) is 25.7 Å². The molecule has 0 spiro atoms. The normalized spacial score (nSPS) is 16.7. The molecule has 0 aromatic carbocycles. The highest BCUT2D eigenvalue weighted by atomic mass is 16.3. The number of aromatic nitrogens is 1. The topological polar surface area (TPSA) is 77.5 Å². The summed E-state index contributed by atoms with van der Waals surface area (Å²) in [5.74, 6) is 0.991. The molecule has 1 aromatic heterocycles. The molecule has 1 aromatic rings. The Morgan fingerprint density at radius 1 is 1.36 bits per heavy atom. The van der Waals surface area contributed by atoms with E-state index in [1.807, 2.05) is 12.1 Å². The third-order valence-corrected chi connectivity index (χ3v) is 3.84. The number of hydrogen-bond acceptors (Lipinski definition) is 4. The van der Waals surface area contributed by atoms with Gasteiger partial charge in [0.2, 0.25) is 0 Å². The number of rotatable bonds is 5. The Balaban J connectivity index is 1.89. The van der Waals surface area contributed by atoms with Gasteiger partial charge in [-0.2, -0.15) is 0 Å². The lowest BCUT2D eigenvalue weighted by Crippen LogP contribution is -2.41. The van der Waals surface area contributed by atoms with Crippen LogP contribution in [0.1, 0.15) is 38.2 Å². The van der Waals surface area contributed by atoms with E-state index in [2.05, 4.69) is 20.5 Å². The first kappa shape index (κ1) is 16.5. The van der Waals surface area contributed by atoms with Gasteiger partial charge in [-0.05, 0) is 37.5 Å². The van der Waals surface area contributed by atoms with Crippen LogP contribution in [0, 0.1) is 0 Å². The van der Waals surface area contributed by atoms with E-state index in [1.54, 1.807) is 13.1 Å². The molecule has 1 saturated heterocycles. The second-order valence-electron chi connectivity index (χ2n) is 5.83. The molecule has 0 radical (unpaired) electrons. The quantitative estimate of drug-likeness (QED) is 0.773. The Labute approximate surface area is 131 Å². The van der Waals surface area contributed by atoms with Crippen LogP contribution in [-0.4, -0.2) is 41.9 Å². The van der Waals surface area contributed by atoms with E-state index >= 15 is 0 Å². The van der Waals surface area contributed by atoms with Crippen LogP contribution < -0.4 is 15.5 Å². The largest absolute Gasteiger partial charge is 0.394 e. The number of amides is 2. The van der Waals surface area contributed by atoms with Gasteiger partial charge in [0.1, 0.15) is 5.82 Å². The molecule has 0 aliphatic carbocycles. The number of nitrogens with one attached hydrogen (secondary N) is 2. The minimum atomic E-state index is -0.269.